The summed E-state index contributed by atoms with van der Waals surface area (Å²) in [5, 5.41) is 62.6. The molecule has 670 valence electrons. The summed E-state index contributed by atoms with van der Waals surface area (Å²) < 4.78 is 343. The summed E-state index contributed by atoms with van der Waals surface area (Å²) in [6.07, 6.45) is -77.4. The molecule has 74 heteroatoms. The molecule has 6 rings (SSSR count). The molecule has 5 N–H and O–H groups in total. The minimum absolute atomic E-state index is 0. The fourth-order valence-corrected chi connectivity index (χ4v) is 14.7. The van der Waals surface area contributed by atoms with E-state index in [9.17, 15) is 156 Å². The van der Waals surface area contributed by atoms with Gasteiger partial charge in [0.25, 0.3) is 0 Å². The third-order valence-corrected chi connectivity index (χ3v) is 18.7. The largest absolute Gasteiger partial charge is 1.00 e. The van der Waals surface area contributed by atoms with E-state index < -0.39 is 332 Å². The standard InChI is InChI=1S/C52H74N2O57S6.9Na/c1-13(56)53-25-32(93-15(3)58)30(103-50-42(97-19(7)62)34(94-16(4)59)27(64)35(105-50)45(65)66)23(11-90-114(77,78)79)100-48(25)106-36-38(95-17(5)60)43(98-20(8)63)51(108-40(36)46(67)68)104-31-24(12-91-115(80,81)82)101-49(26(54-112(71,72)73)33(31)110-116(83,84)85)107-37-39(96-18(6)61)44(111-117(86,87)88)52(109-41(37)47(69)70)102-29-22(10-89-113(74,75)76)99-21(9-55)28(29)92-14(2)57;;;;;;;;;/h21-44,48-52,54-55,64H,9-12H2,1-8H3,(H,53,56)(H,65,66)(H,67,68)(H,69,70)(H,71,72,73)(H,74,75,76)(H,77,78,79)(H,80,81,82)(H,83,84,85)(H,86,87,88);;;;;;;;;/q;9*+1/p-8. The number of carbonyl (C=O) groups is 11. The van der Waals surface area contributed by atoms with Crippen LogP contribution in [0.3, 0.4) is 0 Å². The summed E-state index contributed by atoms with van der Waals surface area (Å²) in [6, 6.07) is -5.98. The zero-order valence-corrected chi connectivity index (χ0v) is 91.8. The SMILES string of the molecule is CC(=O)NC1C(OC2C(C(=O)[O-])OC(OC3C(COS(=O)(=O)[O-])OC(OC4C(C(=O)[O-])OC(OC5C(COS(=O)(=O)[O-])OC(CO)C5OC(C)=O)C(OS(=O)(=O)[O-])C4OC(C)=O)C(NS(=O)(=O)[O-])C3OS(=O)(=O)O)C(OC(C)=O)C2OC(C)=O)OC(COS(=O)(=O)[O-])C(OC2OC(C(=O)[O-])C(O)C(OC(C)=O)C2OC(C)=O)C1OC(C)=O.[Na+].[Na+].[Na+].[Na+].[Na+].[Na+].[Na+].[Na+].[Na+]. The number of aliphatic hydroxyl groups excluding tert-OH is 2. The Balaban J connectivity index is -0.00000827. The van der Waals surface area contributed by atoms with Gasteiger partial charge in [0, 0.05) is 55.4 Å². The average molecular weight is 2030 g/mol. The molecule has 126 heavy (non-hydrogen) atoms. The molecule has 0 aliphatic carbocycles. The zero-order chi connectivity index (χ0) is 88.6. The van der Waals surface area contributed by atoms with Crippen LogP contribution in [0.4, 0.5) is 0 Å². The van der Waals surface area contributed by atoms with Gasteiger partial charge >= 0.3 is 318 Å². The molecule has 6 aliphatic rings. The molecule has 0 saturated carbocycles. The van der Waals surface area contributed by atoms with Crippen molar-refractivity contribution in [1.29, 1.82) is 0 Å². The Morgan fingerprint density at radius 1 is 0.325 bits per heavy atom. The topological polar surface area (TPSA) is 874 Å². The minimum atomic E-state index is -6.58. The fraction of sp³-hybridized carbons (Fsp3) is 0.788. The van der Waals surface area contributed by atoms with Gasteiger partial charge in [-0.3, -0.25) is 59.6 Å². The summed E-state index contributed by atoms with van der Waals surface area (Å²) >= 11 is 0. The van der Waals surface area contributed by atoms with Crippen molar-refractivity contribution in [3.63, 3.8) is 0 Å². The van der Waals surface area contributed by atoms with Gasteiger partial charge in [-0.15, -0.1) is 0 Å². The van der Waals surface area contributed by atoms with Crippen molar-refractivity contribution in [3.05, 3.63) is 0 Å². The molecule has 59 nitrogen and oxygen atoms in total. The van der Waals surface area contributed by atoms with Crippen LogP contribution in [0.25, 0.3) is 0 Å². The number of aliphatic carboxylic acids is 3. The van der Waals surface area contributed by atoms with E-state index in [1.807, 2.05) is 0 Å². The second-order valence-corrected chi connectivity index (χ2v) is 30.9. The van der Waals surface area contributed by atoms with Crippen molar-refractivity contribution in [1.82, 2.24) is 10.0 Å². The maximum Gasteiger partial charge on any atom is 1.00 e. The molecule has 6 aliphatic heterocycles. The number of rotatable bonds is 37. The van der Waals surface area contributed by atoms with Gasteiger partial charge in [-0.1, -0.05) is 0 Å². The second-order valence-electron chi connectivity index (χ2n) is 24.6. The maximum atomic E-state index is 13.7. The summed E-state index contributed by atoms with van der Waals surface area (Å²) in [6.45, 7) is -2.28. The quantitative estimate of drug-likeness (QED) is 0.0127. The van der Waals surface area contributed by atoms with E-state index in [-0.39, 0.29) is 266 Å². The van der Waals surface area contributed by atoms with E-state index in [2.05, 4.69) is 26.2 Å². The van der Waals surface area contributed by atoms with Crippen LogP contribution in [0, 0.1) is 0 Å². The number of esters is 7. The van der Waals surface area contributed by atoms with Gasteiger partial charge < -0.3 is 153 Å². The third kappa shape index (κ3) is 41.7. The summed E-state index contributed by atoms with van der Waals surface area (Å²) in [5.74, 6) is -20.0. The number of hydrogen-bond acceptors (Lipinski definition) is 56. The summed E-state index contributed by atoms with van der Waals surface area (Å²) in [5.41, 5.74) is 0. The first-order chi connectivity index (χ1) is 53.6. The van der Waals surface area contributed by atoms with Gasteiger partial charge in [-0.05, 0) is 0 Å². The molecular formula is C52H66N2Na9O57S6+. The Morgan fingerprint density at radius 2 is 0.619 bits per heavy atom. The number of hydrogen-bond donors (Lipinski definition) is 5. The van der Waals surface area contributed by atoms with Crippen molar-refractivity contribution in [2.45, 2.75) is 233 Å². The van der Waals surface area contributed by atoms with Gasteiger partial charge in [0.2, 0.25) is 47.5 Å². The molecule has 0 spiro atoms. The van der Waals surface area contributed by atoms with Gasteiger partial charge in [0.1, 0.15) is 97.5 Å². The third-order valence-electron chi connectivity index (χ3n) is 15.9. The second kappa shape index (κ2) is 57.6. The van der Waals surface area contributed by atoms with E-state index in [1.54, 1.807) is 0 Å². The Morgan fingerprint density at radius 3 is 0.952 bits per heavy atom. The van der Waals surface area contributed by atoms with E-state index in [0.29, 0.717) is 55.4 Å². The van der Waals surface area contributed by atoms with Gasteiger partial charge in [-0.25, -0.2) is 51.0 Å². The molecule has 6 heterocycles. The molecule has 0 aromatic carbocycles. The van der Waals surface area contributed by atoms with E-state index in [4.69, 9.17) is 85.3 Å². The molecular weight excluding hydrogens is 1960 g/mol. The van der Waals surface area contributed by atoms with Crippen molar-refractivity contribution in [3.8, 4) is 0 Å². The first kappa shape index (κ1) is 134. The first-order valence-electron chi connectivity index (χ1n) is 32.1. The molecule has 0 bridgehead atoms. The molecule has 29 atom stereocenters. The number of carbonyl (C=O) groups excluding carboxylic acids is 11. The van der Waals surface area contributed by atoms with Gasteiger partial charge in [0.05, 0.1) is 44.3 Å². The predicted octanol–water partition coefficient (Wildman–Crippen LogP) is -43.1. The van der Waals surface area contributed by atoms with Crippen LogP contribution < -0.4 is 291 Å². The van der Waals surface area contributed by atoms with Crippen molar-refractivity contribution in [2.24, 2.45) is 0 Å². The number of nitrogens with one attached hydrogen (secondary N) is 2. The van der Waals surface area contributed by atoms with Crippen LogP contribution in [0.5, 0.6) is 0 Å². The fourth-order valence-electron chi connectivity index (χ4n) is 12.2. The molecule has 29 unspecified atom stereocenters. The Labute approximate surface area is 912 Å². The molecule has 0 aromatic rings. The van der Waals surface area contributed by atoms with E-state index in [1.165, 1.54) is 0 Å². The van der Waals surface area contributed by atoms with Crippen molar-refractivity contribution in [2.75, 3.05) is 26.4 Å². The van der Waals surface area contributed by atoms with Crippen LogP contribution in [0.15, 0.2) is 0 Å². The Hall–Kier alpha value is 1.87. The average Bonchev–Trinajstić information content (AvgIpc) is 0.895. The van der Waals surface area contributed by atoms with Crippen molar-refractivity contribution < 1.29 is 528 Å². The Bertz CT molecular complexity index is 4400. The zero-order valence-electron chi connectivity index (χ0n) is 68.9. The van der Waals surface area contributed by atoms with Crippen molar-refractivity contribution >= 4 is 128 Å². The number of amides is 1. The maximum absolute atomic E-state index is 13.7. The minimum Gasteiger partial charge on any atom is -0.735 e. The van der Waals surface area contributed by atoms with Crippen LogP contribution in [0.2, 0.25) is 0 Å². The van der Waals surface area contributed by atoms with Crippen LogP contribution >= 0.6 is 0 Å². The van der Waals surface area contributed by atoms with E-state index >= 15 is 0 Å². The Kier molecular flexibility index (Phi) is 61.3. The molecule has 6 saturated heterocycles. The number of ether oxygens (including phenoxy) is 18. The van der Waals surface area contributed by atoms with Gasteiger partial charge in [0.15, 0.2) is 90.6 Å². The van der Waals surface area contributed by atoms with E-state index in [0.717, 1.165) is 4.72 Å². The number of carboxylic acids is 3. The number of aliphatic hydroxyl groups is 2. The summed E-state index contributed by atoms with van der Waals surface area (Å²) in [7, 11) is -37.8. The van der Waals surface area contributed by atoms with Crippen LogP contribution in [-0.4, -0.2) is 358 Å². The van der Waals surface area contributed by atoms with Gasteiger partial charge in [-0.2, -0.15) is 8.42 Å². The first-order valence-corrected chi connectivity index (χ1v) is 40.2. The van der Waals surface area contributed by atoms with Crippen LogP contribution in [0.1, 0.15) is 55.4 Å². The predicted molar refractivity (Wildman–Crippen MR) is 325 cm³/mol. The molecule has 1 amide bonds. The summed E-state index contributed by atoms with van der Waals surface area (Å²) in [4.78, 5) is 143. The molecule has 6 fully saturated rings. The molecule has 0 aromatic heterocycles. The smallest absolute Gasteiger partial charge is 0.735 e. The monoisotopic (exact) mass is 2030 g/mol. The number of carboxylic acid groups (broad SMARTS) is 3. The normalized spacial score (nSPS) is 32.6. The van der Waals surface area contributed by atoms with Crippen LogP contribution in [-0.2, 0) is 221 Å². The molecule has 0 radical (unpaired) electrons.